The predicted molar refractivity (Wildman–Crippen MR) is 83.2 cm³/mol. The number of benzene rings is 1. The monoisotopic (exact) mass is 272 g/mol. The zero-order valence-electron chi connectivity index (χ0n) is 12.3. The summed E-state index contributed by atoms with van der Waals surface area (Å²) >= 11 is 0. The molecule has 4 nitrogen and oxygen atoms in total. The molecule has 108 valence electrons. The summed E-state index contributed by atoms with van der Waals surface area (Å²) in [6.45, 7) is 3.30. The van der Waals surface area contributed by atoms with Gasteiger partial charge in [-0.15, -0.1) is 0 Å². The molecule has 20 heavy (non-hydrogen) atoms. The largest absolute Gasteiger partial charge is 0.385 e. The van der Waals surface area contributed by atoms with Crippen LogP contribution in [0.1, 0.15) is 45.4 Å². The van der Waals surface area contributed by atoms with Crippen LogP contribution in [0, 0.1) is 0 Å². The van der Waals surface area contributed by atoms with Crippen molar-refractivity contribution in [2.24, 2.45) is 0 Å². The number of aromatic nitrogens is 3. The fourth-order valence-corrected chi connectivity index (χ4v) is 2.21. The van der Waals surface area contributed by atoms with E-state index in [4.69, 9.17) is 0 Å². The van der Waals surface area contributed by atoms with Crippen LogP contribution < -0.4 is 5.32 Å². The Bertz CT molecular complexity index is 462. The van der Waals surface area contributed by atoms with E-state index >= 15 is 0 Å². The van der Waals surface area contributed by atoms with E-state index in [9.17, 15) is 0 Å². The van der Waals surface area contributed by atoms with Gasteiger partial charge in [0.15, 0.2) is 0 Å². The average Bonchev–Trinajstić information content (AvgIpc) is 3.01. The molecule has 4 heteroatoms. The van der Waals surface area contributed by atoms with Crippen molar-refractivity contribution in [2.45, 2.75) is 45.4 Å². The molecule has 0 aliphatic rings. The van der Waals surface area contributed by atoms with E-state index in [-0.39, 0.29) is 0 Å². The minimum absolute atomic E-state index is 1.03. The molecule has 1 N–H and O–H groups in total. The lowest BCUT2D eigenvalue weighted by molar-refractivity contribution is 0.617. The lowest BCUT2D eigenvalue weighted by Gasteiger charge is -2.07. The van der Waals surface area contributed by atoms with E-state index in [0.717, 1.165) is 12.2 Å². The molecule has 0 atom stereocenters. The molecule has 1 aromatic carbocycles. The van der Waals surface area contributed by atoms with E-state index < -0.39 is 0 Å². The summed E-state index contributed by atoms with van der Waals surface area (Å²) in [7, 11) is 0. The molecule has 0 radical (unpaired) electrons. The van der Waals surface area contributed by atoms with Crippen LogP contribution >= 0.6 is 0 Å². The number of nitrogens with zero attached hydrogens (tertiary/aromatic N) is 3. The van der Waals surface area contributed by atoms with Gasteiger partial charge in [0.2, 0.25) is 0 Å². The van der Waals surface area contributed by atoms with E-state index in [1.165, 1.54) is 44.2 Å². The van der Waals surface area contributed by atoms with Gasteiger partial charge in [0.25, 0.3) is 0 Å². The Kier molecular flexibility index (Phi) is 6.08. The summed E-state index contributed by atoms with van der Waals surface area (Å²) in [6.07, 6.45) is 11.2. The molecule has 2 rings (SSSR count). The van der Waals surface area contributed by atoms with Gasteiger partial charge in [-0.25, -0.2) is 9.67 Å². The van der Waals surface area contributed by atoms with Crippen LogP contribution in [0.15, 0.2) is 36.9 Å². The van der Waals surface area contributed by atoms with Crippen LogP contribution in [-0.4, -0.2) is 21.3 Å². The third kappa shape index (κ3) is 4.68. The molecule has 0 amide bonds. The molecule has 0 bridgehead atoms. The molecule has 0 aliphatic heterocycles. The molecular formula is C16H24N4. The highest BCUT2D eigenvalue weighted by atomic mass is 15.3. The molecule has 0 aliphatic carbocycles. The SMILES string of the molecule is CCCCCCCCNc1ccc(-n2cncn2)cc1. The van der Waals surface area contributed by atoms with Gasteiger partial charge in [0.1, 0.15) is 12.7 Å². The number of hydrogen-bond donors (Lipinski definition) is 1. The standard InChI is InChI=1S/C16H24N4/c1-2-3-4-5-6-7-12-18-15-8-10-16(11-9-15)20-14-17-13-19-20/h8-11,13-14,18H,2-7,12H2,1H3. The first-order valence-electron chi connectivity index (χ1n) is 7.59. The smallest absolute Gasteiger partial charge is 0.138 e. The van der Waals surface area contributed by atoms with Crippen molar-refractivity contribution < 1.29 is 0 Å². The van der Waals surface area contributed by atoms with Gasteiger partial charge in [-0.05, 0) is 30.7 Å². The maximum atomic E-state index is 4.11. The Morgan fingerprint density at radius 1 is 1.00 bits per heavy atom. The Labute approximate surface area is 121 Å². The number of nitrogens with one attached hydrogen (secondary N) is 1. The maximum Gasteiger partial charge on any atom is 0.138 e. The van der Waals surface area contributed by atoms with E-state index in [1.807, 2.05) is 0 Å². The molecule has 0 saturated carbocycles. The first kappa shape index (κ1) is 14.6. The van der Waals surface area contributed by atoms with Crippen molar-refractivity contribution in [1.82, 2.24) is 14.8 Å². The van der Waals surface area contributed by atoms with Crippen LogP contribution in [0.2, 0.25) is 0 Å². The molecule has 0 saturated heterocycles. The second-order valence-corrected chi connectivity index (χ2v) is 5.08. The highest BCUT2D eigenvalue weighted by molar-refractivity contribution is 5.48. The summed E-state index contributed by atoms with van der Waals surface area (Å²) in [5.41, 5.74) is 2.20. The summed E-state index contributed by atoms with van der Waals surface area (Å²) in [6, 6.07) is 8.29. The quantitative estimate of drug-likeness (QED) is 0.701. The summed E-state index contributed by atoms with van der Waals surface area (Å²) in [4.78, 5) is 3.95. The topological polar surface area (TPSA) is 42.7 Å². The Balaban J connectivity index is 1.67. The van der Waals surface area contributed by atoms with Gasteiger partial charge < -0.3 is 5.32 Å². The fraction of sp³-hybridized carbons (Fsp3) is 0.500. The third-order valence-corrected chi connectivity index (χ3v) is 3.41. The minimum atomic E-state index is 1.03. The molecule has 0 spiro atoms. The van der Waals surface area contributed by atoms with Crippen LogP contribution in [-0.2, 0) is 0 Å². The van der Waals surface area contributed by atoms with Crippen molar-refractivity contribution in [1.29, 1.82) is 0 Å². The lowest BCUT2D eigenvalue weighted by Crippen LogP contribution is -2.02. The summed E-state index contributed by atoms with van der Waals surface area (Å²) < 4.78 is 1.76. The maximum absolute atomic E-state index is 4.11. The number of rotatable bonds is 9. The zero-order valence-corrected chi connectivity index (χ0v) is 12.3. The first-order chi connectivity index (χ1) is 9.90. The number of hydrogen-bond acceptors (Lipinski definition) is 3. The minimum Gasteiger partial charge on any atom is -0.385 e. The first-order valence-corrected chi connectivity index (χ1v) is 7.59. The lowest BCUT2D eigenvalue weighted by atomic mass is 10.1. The fourth-order valence-electron chi connectivity index (χ4n) is 2.21. The van der Waals surface area contributed by atoms with Gasteiger partial charge in [-0.2, -0.15) is 5.10 Å². The molecule has 0 fully saturated rings. The van der Waals surface area contributed by atoms with E-state index in [0.29, 0.717) is 0 Å². The van der Waals surface area contributed by atoms with E-state index in [1.54, 1.807) is 17.3 Å². The van der Waals surface area contributed by atoms with E-state index in [2.05, 4.69) is 46.6 Å². The van der Waals surface area contributed by atoms with Crippen LogP contribution in [0.3, 0.4) is 0 Å². The normalized spacial score (nSPS) is 10.7. The average molecular weight is 272 g/mol. The Hall–Kier alpha value is -1.84. The molecular weight excluding hydrogens is 248 g/mol. The Morgan fingerprint density at radius 2 is 1.75 bits per heavy atom. The van der Waals surface area contributed by atoms with Gasteiger partial charge in [-0.1, -0.05) is 39.0 Å². The van der Waals surface area contributed by atoms with Crippen molar-refractivity contribution in [3.8, 4) is 5.69 Å². The molecule has 1 aromatic heterocycles. The second kappa shape index (κ2) is 8.35. The van der Waals surface area contributed by atoms with Crippen molar-refractivity contribution in [2.75, 3.05) is 11.9 Å². The number of anilines is 1. The summed E-state index contributed by atoms with van der Waals surface area (Å²) in [5, 5.41) is 7.58. The highest BCUT2D eigenvalue weighted by Gasteiger charge is 1.97. The number of unbranched alkanes of at least 4 members (excludes halogenated alkanes) is 5. The van der Waals surface area contributed by atoms with Gasteiger partial charge in [-0.3, -0.25) is 0 Å². The predicted octanol–water partition coefficient (Wildman–Crippen LogP) is 4.04. The molecule has 2 aromatic rings. The molecule has 1 heterocycles. The van der Waals surface area contributed by atoms with Crippen molar-refractivity contribution >= 4 is 5.69 Å². The van der Waals surface area contributed by atoms with Crippen LogP contribution in [0.25, 0.3) is 5.69 Å². The van der Waals surface area contributed by atoms with Crippen LogP contribution in [0.4, 0.5) is 5.69 Å². The highest BCUT2D eigenvalue weighted by Crippen LogP contribution is 2.12. The zero-order chi connectivity index (χ0) is 14.0. The third-order valence-electron chi connectivity index (χ3n) is 3.41. The van der Waals surface area contributed by atoms with Crippen LogP contribution in [0.5, 0.6) is 0 Å². The van der Waals surface area contributed by atoms with Gasteiger partial charge >= 0.3 is 0 Å². The Morgan fingerprint density at radius 3 is 2.45 bits per heavy atom. The van der Waals surface area contributed by atoms with Gasteiger partial charge in [0.05, 0.1) is 5.69 Å². The second-order valence-electron chi connectivity index (χ2n) is 5.08. The van der Waals surface area contributed by atoms with Crippen molar-refractivity contribution in [3.63, 3.8) is 0 Å². The van der Waals surface area contributed by atoms with Gasteiger partial charge in [0, 0.05) is 12.2 Å². The molecule has 0 unspecified atom stereocenters. The van der Waals surface area contributed by atoms with Crippen molar-refractivity contribution in [3.05, 3.63) is 36.9 Å². The summed E-state index contributed by atoms with van der Waals surface area (Å²) in [5.74, 6) is 0.